The molecule has 3 nitrogen and oxygen atoms in total. The molecule has 0 radical (unpaired) electrons. The molecule has 1 aliphatic rings. The third-order valence-electron chi connectivity index (χ3n) is 3.95. The molecule has 1 aliphatic heterocycles. The molecule has 1 saturated heterocycles. The van der Waals surface area contributed by atoms with Crippen molar-refractivity contribution in [2.45, 2.75) is 21.9 Å². The lowest BCUT2D eigenvalue weighted by atomic mass is 9.88. The van der Waals surface area contributed by atoms with Crippen molar-refractivity contribution < 1.29 is 4.79 Å². The molecule has 0 aliphatic carbocycles. The van der Waals surface area contributed by atoms with Crippen LogP contribution in [0.1, 0.15) is 11.6 Å². The zero-order chi connectivity index (χ0) is 15.7. The molecule has 0 aromatic heterocycles. The van der Waals surface area contributed by atoms with E-state index in [1.807, 2.05) is 36.8 Å². The summed E-state index contributed by atoms with van der Waals surface area (Å²) >= 11 is 3.39. The van der Waals surface area contributed by atoms with Crippen LogP contribution >= 0.6 is 23.5 Å². The summed E-state index contributed by atoms with van der Waals surface area (Å²) in [6.07, 6.45) is 4.09. The molecule has 2 aromatic rings. The number of hydrogen-bond acceptors (Lipinski definition) is 4. The fourth-order valence-corrected chi connectivity index (χ4v) is 3.52. The van der Waals surface area contributed by atoms with Gasteiger partial charge in [-0.25, -0.2) is 0 Å². The number of nitrogens with zero attached hydrogens (tertiary/aromatic N) is 1. The molecule has 5 heteroatoms. The maximum absolute atomic E-state index is 12.2. The van der Waals surface area contributed by atoms with E-state index >= 15 is 0 Å². The van der Waals surface area contributed by atoms with Crippen molar-refractivity contribution in [3.63, 3.8) is 0 Å². The van der Waals surface area contributed by atoms with Gasteiger partial charge >= 0.3 is 0 Å². The van der Waals surface area contributed by atoms with E-state index in [0.717, 1.165) is 11.3 Å². The number of carbonyl (C=O) groups excluding carboxylic acids is 1. The Labute approximate surface area is 139 Å². The molecule has 0 saturated carbocycles. The average Bonchev–Trinajstić information content (AvgIpc) is 2.59. The summed E-state index contributed by atoms with van der Waals surface area (Å²) in [5.74, 6) is -0.0177. The molecule has 2 N–H and O–H groups in total. The zero-order valence-electron chi connectivity index (χ0n) is 12.5. The van der Waals surface area contributed by atoms with Gasteiger partial charge in [-0.15, -0.1) is 23.5 Å². The van der Waals surface area contributed by atoms with Gasteiger partial charge in [0.15, 0.2) is 0 Å². The van der Waals surface area contributed by atoms with Crippen LogP contribution in [-0.2, 0) is 4.79 Å². The third kappa shape index (κ3) is 2.64. The molecular weight excluding hydrogens is 312 g/mol. The molecule has 0 spiro atoms. The second-order valence-electron chi connectivity index (χ2n) is 5.15. The highest BCUT2D eigenvalue weighted by Crippen LogP contribution is 2.39. The minimum Gasteiger partial charge on any atom is -0.318 e. The van der Waals surface area contributed by atoms with Gasteiger partial charge in [-0.1, -0.05) is 12.1 Å². The summed E-state index contributed by atoms with van der Waals surface area (Å²) in [5, 5.41) is 0. The average molecular weight is 330 g/mol. The number of hydrogen-bond donors (Lipinski definition) is 1. The Morgan fingerprint density at radius 3 is 1.91 bits per heavy atom. The van der Waals surface area contributed by atoms with Crippen molar-refractivity contribution in [2.75, 3.05) is 17.4 Å². The fourth-order valence-electron chi connectivity index (χ4n) is 2.70. The molecule has 1 heterocycles. The highest BCUT2D eigenvalue weighted by Gasteiger charge is 2.46. The van der Waals surface area contributed by atoms with Crippen molar-refractivity contribution in [2.24, 2.45) is 5.73 Å². The Balaban J connectivity index is 1.89. The predicted octanol–water partition coefficient (Wildman–Crippen LogP) is 3.55. The normalized spacial score (nSPS) is 20.9. The Bertz CT molecular complexity index is 670. The molecule has 22 heavy (non-hydrogen) atoms. The quantitative estimate of drug-likeness (QED) is 0.688. The Morgan fingerprint density at radius 2 is 1.41 bits per heavy atom. The summed E-state index contributed by atoms with van der Waals surface area (Å²) in [6.45, 7) is 0. The van der Waals surface area contributed by atoms with Crippen LogP contribution in [0.5, 0.6) is 0 Å². The monoisotopic (exact) mass is 330 g/mol. The van der Waals surface area contributed by atoms with Gasteiger partial charge in [-0.2, -0.15) is 0 Å². The molecule has 2 atom stereocenters. The topological polar surface area (TPSA) is 46.3 Å². The number of anilines is 1. The lowest BCUT2D eigenvalue weighted by Crippen LogP contribution is -2.63. The number of amides is 1. The Kier molecular flexibility index (Phi) is 4.47. The van der Waals surface area contributed by atoms with Crippen molar-refractivity contribution in [3.05, 3.63) is 54.1 Å². The van der Waals surface area contributed by atoms with E-state index in [1.165, 1.54) is 9.79 Å². The highest BCUT2D eigenvalue weighted by atomic mass is 32.2. The van der Waals surface area contributed by atoms with Crippen molar-refractivity contribution in [1.82, 2.24) is 0 Å². The van der Waals surface area contributed by atoms with Gasteiger partial charge in [0.2, 0.25) is 5.91 Å². The molecule has 2 aromatic carbocycles. The Hall–Kier alpha value is -1.43. The first kappa shape index (κ1) is 15.5. The van der Waals surface area contributed by atoms with E-state index in [1.54, 1.807) is 28.4 Å². The van der Waals surface area contributed by atoms with Crippen LogP contribution in [0.2, 0.25) is 0 Å². The van der Waals surface area contributed by atoms with Crippen LogP contribution in [-0.4, -0.2) is 24.5 Å². The number of benzene rings is 2. The maximum Gasteiger partial charge on any atom is 0.247 e. The SMILES string of the molecule is CSc1ccc(C2C(N)C(=O)N2c2ccc(SC)cc2)cc1. The van der Waals surface area contributed by atoms with Crippen molar-refractivity contribution in [3.8, 4) is 0 Å². The van der Waals surface area contributed by atoms with Crippen LogP contribution in [0.4, 0.5) is 5.69 Å². The van der Waals surface area contributed by atoms with E-state index in [9.17, 15) is 4.79 Å². The minimum atomic E-state index is -0.458. The minimum absolute atomic E-state index is 0.0177. The zero-order valence-corrected chi connectivity index (χ0v) is 14.2. The number of β-lactam (4-membered cyclic amide) rings is 1. The molecule has 0 bridgehead atoms. The van der Waals surface area contributed by atoms with Gasteiger partial charge < -0.3 is 10.6 Å². The molecule has 1 amide bonds. The number of carbonyl (C=O) groups is 1. The molecule has 114 valence electrons. The number of nitrogens with two attached hydrogens (primary N) is 1. The maximum atomic E-state index is 12.2. The summed E-state index contributed by atoms with van der Waals surface area (Å²) in [7, 11) is 0. The molecule has 1 fully saturated rings. The second kappa shape index (κ2) is 6.36. The molecule has 3 rings (SSSR count). The van der Waals surface area contributed by atoms with Gasteiger partial charge in [-0.3, -0.25) is 4.79 Å². The Morgan fingerprint density at radius 1 is 0.909 bits per heavy atom. The van der Waals surface area contributed by atoms with E-state index in [4.69, 9.17) is 5.73 Å². The number of thioether (sulfide) groups is 2. The summed E-state index contributed by atoms with van der Waals surface area (Å²) in [6, 6.07) is 15.8. The van der Waals surface area contributed by atoms with Gasteiger partial charge in [0.1, 0.15) is 6.04 Å². The first-order chi connectivity index (χ1) is 10.7. The van der Waals surface area contributed by atoms with Crippen LogP contribution in [0.25, 0.3) is 0 Å². The van der Waals surface area contributed by atoms with E-state index in [2.05, 4.69) is 24.3 Å². The van der Waals surface area contributed by atoms with Crippen LogP contribution in [0, 0.1) is 0 Å². The van der Waals surface area contributed by atoms with Crippen molar-refractivity contribution >= 4 is 35.1 Å². The van der Waals surface area contributed by atoms with E-state index in [-0.39, 0.29) is 11.9 Å². The second-order valence-corrected chi connectivity index (χ2v) is 6.91. The van der Waals surface area contributed by atoms with Gasteiger partial charge in [-0.05, 0) is 54.5 Å². The molecular formula is C17H18N2OS2. The largest absolute Gasteiger partial charge is 0.318 e. The lowest BCUT2D eigenvalue weighted by molar-refractivity contribution is -0.126. The highest BCUT2D eigenvalue weighted by molar-refractivity contribution is 7.98. The van der Waals surface area contributed by atoms with Crippen LogP contribution < -0.4 is 10.6 Å². The van der Waals surface area contributed by atoms with Crippen molar-refractivity contribution in [1.29, 1.82) is 0 Å². The summed E-state index contributed by atoms with van der Waals surface area (Å²) < 4.78 is 0. The van der Waals surface area contributed by atoms with Gasteiger partial charge in [0.25, 0.3) is 0 Å². The van der Waals surface area contributed by atoms with E-state index in [0.29, 0.717) is 0 Å². The predicted molar refractivity (Wildman–Crippen MR) is 94.6 cm³/mol. The van der Waals surface area contributed by atoms with E-state index < -0.39 is 6.04 Å². The van der Waals surface area contributed by atoms with Gasteiger partial charge in [0.05, 0.1) is 6.04 Å². The number of rotatable bonds is 4. The third-order valence-corrected chi connectivity index (χ3v) is 5.44. The summed E-state index contributed by atoms with van der Waals surface area (Å²) in [5.41, 5.74) is 8.04. The molecule has 2 unspecified atom stereocenters. The lowest BCUT2D eigenvalue weighted by Gasteiger charge is -2.45. The first-order valence-electron chi connectivity index (χ1n) is 7.02. The van der Waals surface area contributed by atoms with Crippen LogP contribution in [0.3, 0.4) is 0 Å². The standard InChI is InChI=1S/C17H18N2OS2/c1-21-13-7-3-11(4-8-13)16-15(18)17(20)19(16)12-5-9-14(22-2)10-6-12/h3-10,15-16H,18H2,1-2H3. The first-order valence-corrected chi connectivity index (χ1v) is 9.47. The smallest absolute Gasteiger partial charge is 0.247 e. The van der Waals surface area contributed by atoms with Crippen LogP contribution in [0.15, 0.2) is 58.3 Å². The van der Waals surface area contributed by atoms with Gasteiger partial charge in [0, 0.05) is 15.5 Å². The fraction of sp³-hybridized carbons (Fsp3) is 0.235. The summed E-state index contributed by atoms with van der Waals surface area (Å²) in [4.78, 5) is 16.4.